The number of benzene rings is 2. The minimum absolute atomic E-state index is 0.505. The van der Waals surface area contributed by atoms with E-state index < -0.39 is 11.7 Å². The molecule has 2 aromatic carbocycles. The van der Waals surface area contributed by atoms with Gasteiger partial charge in [0.2, 0.25) is 5.82 Å². The van der Waals surface area contributed by atoms with Gasteiger partial charge in [-0.1, -0.05) is 42.8 Å². The fourth-order valence-corrected chi connectivity index (χ4v) is 3.26. The first-order valence-corrected chi connectivity index (χ1v) is 9.01. The van der Waals surface area contributed by atoms with Crippen molar-refractivity contribution in [3.05, 3.63) is 65.2 Å². The average molecular weight is 372 g/mol. The summed E-state index contributed by atoms with van der Waals surface area (Å²) in [6.07, 6.45) is -0.129. The Kier molecular flexibility index (Phi) is 4.68. The highest BCUT2D eigenvalue weighted by molar-refractivity contribution is 5.60. The molecule has 27 heavy (non-hydrogen) atoms. The summed E-state index contributed by atoms with van der Waals surface area (Å²) < 4.78 is 38.2. The first-order valence-electron chi connectivity index (χ1n) is 9.01. The van der Waals surface area contributed by atoms with E-state index in [0.717, 1.165) is 35.4 Å². The van der Waals surface area contributed by atoms with Crippen LogP contribution in [-0.2, 0) is 19.1 Å². The van der Waals surface area contributed by atoms with Crippen LogP contribution >= 0.6 is 0 Å². The van der Waals surface area contributed by atoms with Gasteiger partial charge in [0.1, 0.15) is 0 Å². The average Bonchev–Trinajstić information content (AvgIpc) is 3.07. The third kappa shape index (κ3) is 4.02. The molecule has 0 spiro atoms. The molecule has 1 aliphatic rings. The van der Waals surface area contributed by atoms with Gasteiger partial charge in [0.25, 0.3) is 0 Å². The maximum atomic E-state index is 12.7. The number of rotatable bonds is 5. The number of hydrogen-bond acceptors (Lipinski definition) is 3. The van der Waals surface area contributed by atoms with Crippen LogP contribution in [0.1, 0.15) is 36.0 Å². The molecular formula is C20H19F3N4. The van der Waals surface area contributed by atoms with Crippen molar-refractivity contribution in [2.75, 3.05) is 0 Å². The molecule has 1 heterocycles. The van der Waals surface area contributed by atoms with Gasteiger partial charge in [-0.25, -0.2) is 0 Å². The first-order chi connectivity index (χ1) is 13.0. The summed E-state index contributed by atoms with van der Waals surface area (Å²) in [6, 6.07) is 12.9. The zero-order chi connectivity index (χ0) is 18.9. The predicted octanol–water partition coefficient (Wildman–Crippen LogP) is 4.75. The van der Waals surface area contributed by atoms with Gasteiger partial charge in [0, 0.05) is 5.56 Å². The van der Waals surface area contributed by atoms with Gasteiger partial charge in [-0.15, -0.1) is 10.2 Å². The highest BCUT2D eigenvalue weighted by atomic mass is 19.4. The molecule has 0 unspecified atom stereocenters. The molecule has 0 amide bonds. The normalized spacial score (nSPS) is 14.9. The van der Waals surface area contributed by atoms with Gasteiger partial charge < -0.3 is 0 Å². The van der Waals surface area contributed by atoms with Crippen molar-refractivity contribution < 1.29 is 13.2 Å². The number of halogens is 3. The van der Waals surface area contributed by atoms with Crippen LogP contribution in [-0.4, -0.2) is 20.2 Å². The number of alkyl halides is 3. The SMILES string of the molecule is FC(F)(F)c1ccc(Cc2ccccc2-c2nnn(CC3CCC3)n2)cc1. The lowest BCUT2D eigenvalue weighted by atomic mass is 9.86. The molecule has 0 N–H and O–H groups in total. The lowest BCUT2D eigenvalue weighted by Gasteiger charge is -2.23. The Morgan fingerprint density at radius 1 is 1.00 bits per heavy atom. The van der Waals surface area contributed by atoms with E-state index in [4.69, 9.17) is 0 Å². The summed E-state index contributed by atoms with van der Waals surface area (Å²) in [5.41, 5.74) is 1.98. The summed E-state index contributed by atoms with van der Waals surface area (Å²) in [5.74, 6) is 1.19. The number of aromatic nitrogens is 4. The van der Waals surface area contributed by atoms with E-state index in [0.29, 0.717) is 18.2 Å². The zero-order valence-electron chi connectivity index (χ0n) is 14.7. The third-order valence-corrected chi connectivity index (χ3v) is 5.03. The molecule has 4 rings (SSSR count). The molecule has 3 aromatic rings. The molecule has 0 radical (unpaired) electrons. The molecule has 0 bridgehead atoms. The van der Waals surface area contributed by atoms with E-state index in [1.54, 1.807) is 4.80 Å². The molecule has 7 heteroatoms. The minimum Gasteiger partial charge on any atom is -0.166 e. The summed E-state index contributed by atoms with van der Waals surface area (Å²) in [6.45, 7) is 0.786. The topological polar surface area (TPSA) is 43.6 Å². The van der Waals surface area contributed by atoms with Crippen molar-refractivity contribution in [2.45, 2.75) is 38.4 Å². The van der Waals surface area contributed by atoms with Crippen molar-refractivity contribution >= 4 is 0 Å². The van der Waals surface area contributed by atoms with Gasteiger partial charge >= 0.3 is 6.18 Å². The molecule has 0 saturated heterocycles. The quantitative estimate of drug-likeness (QED) is 0.649. The Morgan fingerprint density at radius 2 is 1.74 bits per heavy atom. The van der Waals surface area contributed by atoms with Crippen molar-refractivity contribution in [3.63, 3.8) is 0 Å². The van der Waals surface area contributed by atoms with Gasteiger partial charge in [-0.05, 0) is 53.7 Å². The molecule has 1 saturated carbocycles. The van der Waals surface area contributed by atoms with Crippen LogP contribution in [0.25, 0.3) is 11.4 Å². The minimum atomic E-state index is -4.32. The van der Waals surface area contributed by atoms with Crippen LogP contribution in [0.4, 0.5) is 13.2 Å². The van der Waals surface area contributed by atoms with Crippen molar-refractivity contribution in [1.82, 2.24) is 20.2 Å². The second-order valence-corrected chi connectivity index (χ2v) is 6.99. The monoisotopic (exact) mass is 372 g/mol. The van der Waals surface area contributed by atoms with Crippen LogP contribution in [0.5, 0.6) is 0 Å². The summed E-state index contributed by atoms with van der Waals surface area (Å²) >= 11 is 0. The second-order valence-electron chi connectivity index (χ2n) is 6.99. The number of nitrogens with zero attached hydrogens (tertiary/aromatic N) is 4. The zero-order valence-corrected chi connectivity index (χ0v) is 14.7. The second kappa shape index (κ2) is 7.13. The molecule has 1 aromatic heterocycles. The van der Waals surface area contributed by atoms with Crippen LogP contribution in [0.2, 0.25) is 0 Å². The lowest BCUT2D eigenvalue weighted by molar-refractivity contribution is -0.137. The lowest BCUT2D eigenvalue weighted by Crippen LogP contribution is -2.19. The molecule has 0 aliphatic heterocycles. The highest BCUT2D eigenvalue weighted by Crippen LogP contribution is 2.30. The molecule has 140 valence electrons. The van der Waals surface area contributed by atoms with E-state index in [1.165, 1.54) is 31.4 Å². The highest BCUT2D eigenvalue weighted by Gasteiger charge is 2.30. The number of tetrazole rings is 1. The standard InChI is InChI=1S/C20H19F3N4/c21-20(22,23)17-10-8-14(9-11-17)12-16-6-1-2-7-18(16)19-24-26-27(25-19)13-15-4-3-5-15/h1-2,6-11,15H,3-5,12-13H2. The van der Waals surface area contributed by atoms with E-state index in [2.05, 4.69) is 15.4 Å². The Balaban J connectivity index is 1.54. The fraction of sp³-hybridized carbons (Fsp3) is 0.350. The van der Waals surface area contributed by atoms with E-state index in [9.17, 15) is 13.2 Å². The maximum absolute atomic E-state index is 12.7. The van der Waals surface area contributed by atoms with Crippen LogP contribution < -0.4 is 0 Å². The Hall–Kier alpha value is -2.70. The van der Waals surface area contributed by atoms with Crippen molar-refractivity contribution in [3.8, 4) is 11.4 Å². The molecule has 4 nitrogen and oxygen atoms in total. The summed E-state index contributed by atoms with van der Waals surface area (Å²) in [5, 5.41) is 12.8. The van der Waals surface area contributed by atoms with Crippen LogP contribution in [0.15, 0.2) is 48.5 Å². The fourth-order valence-electron chi connectivity index (χ4n) is 3.26. The van der Waals surface area contributed by atoms with E-state index >= 15 is 0 Å². The van der Waals surface area contributed by atoms with Crippen LogP contribution in [0.3, 0.4) is 0 Å². The smallest absolute Gasteiger partial charge is 0.166 e. The van der Waals surface area contributed by atoms with Gasteiger partial charge in [0.05, 0.1) is 12.1 Å². The van der Waals surface area contributed by atoms with E-state index in [1.807, 2.05) is 24.3 Å². The van der Waals surface area contributed by atoms with Crippen molar-refractivity contribution in [2.24, 2.45) is 5.92 Å². The molecule has 1 aliphatic carbocycles. The van der Waals surface area contributed by atoms with Crippen LogP contribution in [0, 0.1) is 5.92 Å². The van der Waals surface area contributed by atoms with Crippen molar-refractivity contribution in [1.29, 1.82) is 0 Å². The Morgan fingerprint density at radius 3 is 2.41 bits per heavy atom. The maximum Gasteiger partial charge on any atom is 0.416 e. The Bertz CT molecular complexity index is 911. The molecular weight excluding hydrogens is 353 g/mol. The largest absolute Gasteiger partial charge is 0.416 e. The number of hydrogen-bond donors (Lipinski definition) is 0. The first kappa shape index (κ1) is 17.7. The van der Waals surface area contributed by atoms with Gasteiger partial charge in [-0.2, -0.15) is 18.0 Å². The van der Waals surface area contributed by atoms with Gasteiger partial charge in [-0.3, -0.25) is 0 Å². The third-order valence-electron chi connectivity index (χ3n) is 5.03. The van der Waals surface area contributed by atoms with E-state index in [-0.39, 0.29) is 0 Å². The Labute approximate surface area is 155 Å². The predicted molar refractivity (Wildman–Crippen MR) is 94.8 cm³/mol. The molecule has 0 atom stereocenters. The molecule has 1 fully saturated rings. The summed E-state index contributed by atoms with van der Waals surface area (Å²) in [4.78, 5) is 1.65. The summed E-state index contributed by atoms with van der Waals surface area (Å²) in [7, 11) is 0. The van der Waals surface area contributed by atoms with Gasteiger partial charge in [0.15, 0.2) is 0 Å².